The molecule has 0 bridgehead atoms. The smallest absolute Gasteiger partial charge is 0.342 e. The minimum absolute atomic E-state index is 0.112. The summed E-state index contributed by atoms with van der Waals surface area (Å²) in [5, 5.41) is 3.78. The quantitative estimate of drug-likeness (QED) is 0.501. The van der Waals surface area contributed by atoms with Crippen molar-refractivity contribution in [3.8, 4) is 0 Å². The first-order valence-corrected chi connectivity index (χ1v) is 3.85. The zero-order chi connectivity index (χ0) is 9.84. The lowest BCUT2D eigenvalue weighted by Gasteiger charge is -1.97. The maximum atomic E-state index is 11.2. The van der Waals surface area contributed by atoms with Gasteiger partial charge in [0.2, 0.25) is 0 Å². The minimum Gasteiger partial charge on any atom is -0.462 e. The van der Waals surface area contributed by atoms with Crippen LogP contribution in [0.25, 0.3) is 0 Å². The number of esters is 1. The molecule has 13 heavy (non-hydrogen) atoms. The van der Waals surface area contributed by atoms with E-state index < -0.39 is 5.97 Å². The fourth-order valence-electron chi connectivity index (χ4n) is 0.959. The van der Waals surface area contributed by atoms with Crippen LogP contribution in [0.5, 0.6) is 0 Å². The normalized spacial score (nSPS) is 9.69. The Morgan fingerprint density at radius 1 is 1.77 bits per heavy atom. The van der Waals surface area contributed by atoms with Crippen molar-refractivity contribution in [2.75, 3.05) is 6.61 Å². The number of carbonyl (C=O) groups is 2. The highest BCUT2D eigenvalue weighted by Gasteiger charge is 2.15. The van der Waals surface area contributed by atoms with Gasteiger partial charge in [-0.3, -0.25) is 9.48 Å². The molecule has 5 nitrogen and oxygen atoms in total. The van der Waals surface area contributed by atoms with Gasteiger partial charge in [0.25, 0.3) is 0 Å². The molecule has 0 aliphatic heterocycles. The van der Waals surface area contributed by atoms with E-state index in [2.05, 4.69) is 5.10 Å². The van der Waals surface area contributed by atoms with Crippen LogP contribution in [0, 0.1) is 0 Å². The summed E-state index contributed by atoms with van der Waals surface area (Å²) in [7, 11) is 1.63. The van der Waals surface area contributed by atoms with Crippen molar-refractivity contribution < 1.29 is 14.3 Å². The van der Waals surface area contributed by atoms with Gasteiger partial charge >= 0.3 is 5.97 Å². The Balaban J connectivity index is 2.98. The summed E-state index contributed by atoms with van der Waals surface area (Å²) in [5.74, 6) is -0.516. The lowest BCUT2D eigenvalue weighted by Crippen LogP contribution is -2.05. The highest BCUT2D eigenvalue weighted by molar-refractivity contribution is 5.96. The average molecular weight is 182 g/mol. The summed E-state index contributed by atoms with van der Waals surface area (Å²) in [5.41, 5.74) is 0.320. The molecule has 0 unspecified atom stereocenters. The predicted molar refractivity (Wildman–Crippen MR) is 44.6 cm³/mol. The number of aromatic nitrogens is 2. The molecular formula is C8H10N2O3. The Morgan fingerprint density at radius 3 is 3.00 bits per heavy atom. The number of hydrogen-bond acceptors (Lipinski definition) is 4. The van der Waals surface area contributed by atoms with Crippen LogP contribution in [0.15, 0.2) is 6.20 Å². The van der Waals surface area contributed by atoms with Crippen molar-refractivity contribution in [2.45, 2.75) is 6.92 Å². The van der Waals surface area contributed by atoms with Gasteiger partial charge in [0.15, 0.2) is 6.29 Å². The van der Waals surface area contributed by atoms with Gasteiger partial charge in [-0.1, -0.05) is 0 Å². The monoisotopic (exact) mass is 182 g/mol. The Bertz CT molecular complexity index is 330. The molecule has 0 aliphatic carbocycles. The van der Waals surface area contributed by atoms with Gasteiger partial charge in [-0.25, -0.2) is 4.79 Å². The zero-order valence-corrected chi connectivity index (χ0v) is 7.48. The van der Waals surface area contributed by atoms with Crippen LogP contribution in [0.2, 0.25) is 0 Å². The van der Waals surface area contributed by atoms with Crippen LogP contribution >= 0.6 is 0 Å². The molecule has 1 rings (SSSR count). The Hall–Kier alpha value is -1.65. The van der Waals surface area contributed by atoms with Gasteiger partial charge in [0.05, 0.1) is 6.61 Å². The van der Waals surface area contributed by atoms with E-state index in [1.165, 1.54) is 10.9 Å². The van der Waals surface area contributed by atoms with Crippen molar-refractivity contribution in [3.05, 3.63) is 17.5 Å². The largest absolute Gasteiger partial charge is 0.462 e. The topological polar surface area (TPSA) is 61.2 Å². The number of rotatable bonds is 3. The van der Waals surface area contributed by atoms with Crippen molar-refractivity contribution in [2.24, 2.45) is 7.05 Å². The Kier molecular flexibility index (Phi) is 2.79. The first-order chi connectivity index (χ1) is 6.19. The van der Waals surface area contributed by atoms with Gasteiger partial charge in [-0.05, 0) is 6.92 Å². The molecule has 0 fully saturated rings. The van der Waals surface area contributed by atoms with E-state index in [1.807, 2.05) is 0 Å². The van der Waals surface area contributed by atoms with Gasteiger partial charge in [0.1, 0.15) is 11.3 Å². The molecule has 0 amide bonds. The number of aryl methyl sites for hydroxylation is 1. The van der Waals surface area contributed by atoms with Crippen molar-refractivity contribution in [1.82, 2.24) is 9.78 Å². The summed E-state index contributed by atoms with van der Waals surface area (Å²) >= 11 is 0. The summed E-state index contributed by atoms with van der Waals surface area (Å²) in [6.07, 6.45) is 1.99. The third kappa shape index (κ3) is 1.93. The summed E-state index contributed by atoms with van der Waals surface area (Å²) < 4.78 is 6.13. The fraction of sp³-hybridized carbons (Fsp3) is 0.375. The van der Waals surface area contributed by atoms with E-state index in [0.29, 0.717) is 6.29 Å². The molecule has 5 heteroatoms. The van der Waals surface area contributed by atoms with E-state index in [1.54, 1.807) is 14.0 Å². The van der Waals surface area contributed by atoms with Crippen molar-refractivity contribution in [3.63, 3.8) is 0 Å². The van der Waals surface area contributed by atoms with Crippen LogP contribution < -0.4 is 0 Å². The third-order valence-corrected chi connectivity index (χ3v) is 1.46. The van der Waals surface area contributed by atoms with E-state index in [9.17, 15) is 9.59 Å². The summed E-state index contributed by atoms with van der Waals surface area (Å²) in [6.45, 7) is 1.99. The summed E-state index contributed by atoms with van der Waals surface area (Å²) in [6, 6.07) is 0. The molecule has 0 atom stereocenters. The summed E-state index contributed by atoms with van der Waals surface area (Å²) in [4.78, 5) is 21.7. The van der Waals surface area contributed by atoms with Crippen molar-refractivity contribution >= 4 is 12.3 Å². The average Bonchev–Trinajstić information content (AvgIpc) is 2.47. The molecular weight excluding hydrogens is 172 g/mol. The molecule has 0 aliphatic rings. The molecule has 0 aromatic carbocycles. The van der Waals surface area contributed by atoms with E-state index in [-0.39, 0.29) is 17.9 Å². The molecule has 0 saturated heterocycles. The van der Waals surface area contributed by atoms with Gasteiger partial charge in [-0.2, -0.15) is 5.10 Å². The number of hydrogen-bond donors (Lipinski definition) is 0. The van der Waals surface area contributed by atoms with Gasteiger partial charge < -0.3 is 4.74 Å². The second-order valence-corrected chi connectivity index (χ2v) is 2.44. The lowest BCUT2D eigenvalue weighted by molar-refractivity contribution is 0.0524. The highest BCUT2D eigenvalue weighted by Crippen LogP contribution is 2.05. The molecule has 1 aromatic heterocycles. The van der Waals surface area contributed by atoms with E-state index >= 15 is 0 Å². The van der Waals surface area contributed by atoms with E-state index in [4.69, 9.17) is 4.74 Å². The molecule has 0 spiro atoms. The van der Waals surface area contributed by atoms with Crippen LogP contribution in [0.4, 0.5) is 0 Å². The highest BCUT2D eigenvalue weighted by atomic mass is 16.5. The Labute approximate surface area is 75.3 Å². The second-order valence-electron chi connectivity index (χ2n) is 2.44. The molecule has 1 aromatic rings. The van der Waals surface area contributed by atoms with Gasteiger partial charge in [-0.15, -0.1) is 0 Å². The van der Waals surface area contributed by atoms with Crippen molar-refractivity contribution in [1.29, 1.82) is 0 Å². The molecule has 1 heterocycles. The van der Waals surface area contributed by atoms with Crippen LogP contribution in [0.3, 0.4) is 0 Å². The number of aldehydes is 1. The molecule has 70 valence electrons. The number of ether oxygens (including phenoxy) is 1. The van der Waals surface area contributed by atoms with Gasteiger partial charge in [0, 0.05) is 13.2 Å². The maximum absolute atomic E-state index is 11.2. The molecule has 0 radical (unpaired) electrons. The van der Waals surface area contributed by atoms with Crippen LogP contribution in [-0.2, 0) is 11.8 Å². The SMILES string of the molecule is CCOC(=O)c1cn(C)nc1C=O. The number of nitrogens with zero attached hydrogens (tertiary/aromatic N) is 2. The third-order valence-electron chi connectivity index (χ3n) is 1.46. The standard InChI is InChI=1S/C8H10N2O3/c1-3-13-8(12)6-4-10(2)9-7(6)5-11/h4-5H,3H2,1-2H3. The van der Waals surface area contributed by atoms with Crippen LogP contribution in [0.1, 0.15) is 27.8 Å². The first-order valence-electron chi connectivity index (χ1n) is 3.85. The second kappa shape index (κ2) is 3.84. The fourth-order valence-corrected chi connectivity index (χ4v) is 0.959. The predicted octanol–water partition coefficient (Wildman–Crippen LogP) is 0.409. The minimum atomic E-state index is -0.516. The molecule has 0 saturated carbocycles. The Morgan fingerprint density at radius 2 is 2.46 bits per heavy atom. The van der Waals surface area contributed by atoms with E-state index in [0.717, 1.165) is 0 Å². The van der Waals surface area contributed by atoms with Crippen LogP contribution in [-0.4, -0.2) is 28.6 Å². The zero-order valence-electron chi connectivity index (χ0n) is 7.48. The lowest BCUT2D eigenvalue weighted by atomic mass is 10.3. The first kappa shape index (κ1) is 9.44. The maximum Gasteiger partial charge on any atom is 0.342 e. The number of carbonyl (C=O) groups excluding carboxylic acids is 2. The molecule has 0 N–H and O–H groups in total.